The van der Waals surface area contributed by atoms with Crippen LogP contribution in [0.3, 0.4) is 0 Å². The van der Waals surface area contributed by atoms with Gasteiger partial charge in [0.05, 0.1) is 35.6 Å². The highest BCUT2D eigenvalue weighted by atomic mass is 32.1. The molecule has 7 nitrogen and oxygen atoms in total. The fourth-order valence-corrected chi connectivity index (χ4v) is 6.22. The lowest BCUT2D eigenvalue weighted by atomic mass is 9.93. The Hall–Kier alpha value is -5.28. The monoisotopic (exact) mass is 620 g/mol. The zero-order valence-corrected chi connectivity index (χ0v) is 25.4. The van der Waals surface area contributed by atoms with Gasteiger partial charge in [-0.05, 0) is 42.3 Å². The Labute approximate surface area is 262 Å². The topological polar surface area (TPSA) is 79.1 Å². The Bertz CT molecular complexity index is 2050. The predicted octanol–water partition coefficient (Wildman–Crippen LogP) is 5.66. The molecule has 0 unspecified atom stereocenters. The molecule has 0 saturated heterocycles. The highest BCUT2D eigenvalue weighted by Gasteiger charge is 2.35. The molecule has 45 heavy (non-hydrogen) atoms. The first kappa shape index (κ1) is 29.8. The SMILES string of the molecule is CCOC(=O)C1=C(c2ccccc2)N=c2s/c(=C\c3cccc(OC)c3OCc3ccc(F)cc3)c(=O)n2[C@H]1c1ccccc1. The van der Waals surface area contributed by atoms with Gasteiger partial charge in [0.1, 0.15) is 12.4 Å². The molecular formula is C36H29FN2O5S. The third-order valence-corrected chi connectivity index (χ3v) is 8.28. The second-order valence-corrected chi connectivity index (χ2v) is 11.1. The summed E-state index contributed by atoms with van der Waals surface area (Å²) in [6.07, 6.45) is 1.74. The molecule has 6 rings (SSSR count). The molecule has 2 heterocycles. The van der Waals surface area contributed by atoms with Crippen LogP contribution in [-0.2, 0) is 16.1 Å². The van der Waals surface area contributed by atoms with Crippen molar-refractivity contribution in [2.75, 3.05) is 13.7 Å². The van der Waals surface area contributed by atoms with Crippen molar-refractivity contribution in [3.05, 3.63) is 156 Å². The van der Waals surface area contributed by atoms with Crippen LogP contribution in [-0.4, -0.2) is 24.3 Å². The summed E-state index contributed by atoms with van der Waals surface area (Å²) in [4.78, 5) is 33.2. The van der Waals surface area contributed by atoms with Crippen molar-refractivity contribution in [2.45, 2.75) is 19.6 Å². The number of carbonyl (C=O) groups is 1. The van der Waals surface area contributed by atoms with Crippen molar-refractivity contribution >= 4 is 29.1 Å². The molecule has 226 valence electrons. The Balaban J connectivity index is 1.54. The van der Waals surface area contributed by atoms with Gasteiger partial charge in [0, 0.05) is 11.1 Å². The maximum absolute atomic E-state index is 14.2. The van der Waals surface area contributed by atoms with Gasteiger partial charge in [-0.3, -0.25) is 9.36 Å². The molecular weight excluding hydrogens is 591 g/mol. The van der Waals surface area contributed by atoms with Crippen molar-refractivity contribution in [3.8, 4) is 11.5 Å². The van der Waals surface area contributed by atoms with E-state index in [9.17, 15) is 14.0 Å². The number of halogens is 1. The Kier molecular flexibility index (Phi) is 8.70. The maximum atomic E-state index is 14.2. The van der Waals surface area contributed by atoms with Gasteiger partial charge < -0.3 is 14.2 Å². The third kappa shape index (κ3) is 6.07. The van der Waals surface area contributed by atoms with Gasteiger partial charge >= 0.3 is 5.97 Å². The average molecular weight is 621 g/mol. The summed E-state index contributed by atoms with van der Waals surface area (Å²) in [6.45, 7) is 2.09. The lowest BCUT2D eigenvalue weighted by Gasteiger charge is -2.25. The number of benzene rings is 4. The number of hydrogen-bond donors (Lipinski definition) is 0. The van der Waals surface area contributed by atoms with Crippen LogP contribution in [0.4, 0.5) is 4.39 Å². The van der Waals surface area contributed by atoms with E-state index in [2.05, 4.69) is 0 Å². The van der Waals surface area contributed by atoms with Crippen molar-refractivity contribution in [1.82, 2.24) is 4.57 Å². The molecule has 1 aliphatic rings. The van der Waals surface area contributed by atoms with Crippen LogP contribution >= 0.6 is 11.3 Å². The van der Waals surface area contributed by atoms with Crippen molar-refractivity contribution in [2.24, 2.45) is 4.99 Å². The molecule has 0 aliphatic carbocycles. The number of ether oxygens (including phenoxy) is 3. The van der Waals surface area contributed by atoms with Crippen LogP contribution in [0, 0.1) is 5.82 Å². The molecule has 5 aromatic rings. The molecule has 0 saturated carbocycles. The first-order valence-corrected chi connectivity index (χ1v) is 15.2. The summed E-state index contributed by atoms with van der Waals surface area (Å²) in [7, 11) is 1.54. The average Bonchev–Trinajstić information content (AvgIpc) is 3.38. The highest BCUT2D eigenvalue weighted by molar-refractivity contribution is 7.07. The largest absolute Gasteiger partial charge is 0.493 e. The van der Waals surface area contributed by atoms with Crippen LogP contribution in [0.5, 0.6) is 11.5 Å². The standard InChI is InChI=1S/C36H29FN2O5S/c1-3-43-35(41)30-31(24-11-6-4-7-12-24)38-36-39(32(30)25-13-8-5-9-14-25)34(40)29(45-36)21-26-15-10-16-28(42-2)33(26)44-22-23-17-19-27(37)20-18-23/h4-21,32H,3,22H2,1-2H3/b29-21-/t32-/m0/s1. The predicted molar refractivity (Wildman–Crippen MR) is 171 cm³/mol. The number of nitrogens with zero attached hydrogens (tertiary/aromatic N) is 2. The van der Waals surface area contributed by atoms with E-state index < -0.39 is 12.0 Å². The molecule has 1 atom stereocenters. The van der Waals surface area contributed by atoms with Crippen LogP contribution in [0.2, 0.25) is 0 Å². The molecule has 9 heteroatoms. The van der Waals surface area contributed by atoms with Gasteiger partial charge in [0.15, 0.2) is 16.3 Å². The first-order chi connectivity index (χ1) is 22.0. The van der Waals surface area contributed by atoms with E-state index in [1.807, 2.05) is 72.8 Å². The van der Waals surface area contributed by atoms with Gasteiger partial charge in [-0.1, -0.05) is 96.3 Å². The number of carbonyl (C=O) groups excluding carboxylic acids is 1. The van der Waals surface area contributed by atoms with Crippen LogP contribution in [0.25, 0.3) is 11.8 Å². The van der Waals surface area contributed by atoms with Gasteiger partial charge in [0.25, 0.3) is 5.56 Å². The first-order valence-electron chi connectivity index (χ1n) is 14.4. The Morgan fingerprint density at radius 2 is 1.67 bits per heavy atom. The van der Waals surface area contributed by atoms with E-state index in [0.29, 0.717) is 32.1 Å². The molecule has 1 aliphatic heterocycles. The van der Waals surface area contributed by atoms with E-state index >= 15 is 0 Å². The number of rotatable bonds is 9. The second-order valence-electron chi connectivity index (χ2n) is 10.1. The maximum Gasteiger partial charge on any atom is 0.338 e. The summed E-state index contributed by atoms with van der Waals surface area (Å²) in [6, 6.07) is 29.5. The molecule has 0 radical (unpaired) electrons. The zero-order chi connectivity index (χ0) is 31.3. The number of fused-ring (bicyclic) bond motifs is 1. The minimum absolute atomic E-state index is 0.167. The van der Waals surface area contributed by atoms with Gasteiger partial charge in [-0.25, -0.2) is 14.2 Å². The van der Waals surface area contributed by atoms with Crippen LogP contribution in [0.15, 0.2) is 118 Å². The number of hydrogen-bond acceptors (Lipinski definition) is 7. The lowest BCUT2D eigenvalue weighted by Crippen LogP contribution is -2.40. The van der Waals surface area contributed by atoms with E-state index in [1.54, 1.807) is 42.9 Å². The highest BCUT2D eigenvalue weighted by Crippen LogP contribution is 2.35. The molecule has 1 aromatic heterocycles. The zero-order valence-electron chi connectivity index (χ0n) is 24.6. The van der Waals surface area contributed by atoms with Crippen molar-refractivity contribution in [3.63, 3.8) is 0 Å². The van der Waals surface area contributed by atoms with Crippen molar-refractivity contribution < 1.29 is 23.4 Å². The number of para-hydroxylation sites is 1. The summed E-state index contributed by atoms with van der Waals surface area (Å²) in [5.74, 6) is 0.0543. The summed E-state index contributed by atoms with van der Waals surface area (Å²) in [5.41, 5.74) is 3.32. The van der Waals surface area contributed by atoms with Gasteiger partial charge in [-0.15, -0.1) is 0 Å². The van der Waals surface area contributed by atoms with Crippen LogP contribution < -0.4 is 24.4 Å². The molecule has 0 amide bonds. The second kappa shape index (κ2) is 13.2. The smallest absolute Gasteiger partial charge is 0.338 e. The normalized spacial score (nSPS) is 14.5. The Morgan fingerprint density at radius 1 is 0.956 bits per heavy atom. The van der Waals surface area contributed by atoms with E-state index in [4.69, 9.17) is 19.2 Å². The fraction of sp³-hybridized carbons (Fsp3) is 0.139. The Morgan fingerprint density at radius 3 is 2.36 bits per heavy atom. The van der Waals surface area contributed by atoms with E-state index in [0.717, 1.165) is 16.7 Å². The quantitative estimate of drug-likeness (QED) is 0.199. The minimum Gasteiger partial charge on any atom is -0.493 e. The summed E-state index contributed by atoms with van der Waals surface area (Å²) >= 11 is 1.22. The number of aromatic nitrogens is 1. The molecule has 0 N–H and O–H groups in total. The van der Waals surface area contributed by atoms with E-state index in [-0.39, 0.29) is 30.2 Å². The van der Waals surface area contributed by atoms with Crippen molar-refractivity contribution in [1.29, 1.82) is 0 Å². The number of esters is 1. The lowest BCUT2D eigenvalue weighted by molar-refractivity contribution is -0.138. The molecule has 0 bridgehead atoms. The summed E-state index contributed by atoms with van der Waals surface area (Å²) < 4.78 is 32.7. The third-order valence-electron chi connectivity index (χ3n) is 7.30. The number of methoxy groups -OCH3 is 1. The number of thiazole rings is 1. The molecule has 4 aromatic carbocycles. The molecule has 0 spiro atoms. The summed E-state index contributed by atoms with van der Waals surface area (Å²) in [5, 5.41) is 0. The van der Waals surface area contributed by atoms with E-state index in [1.165, 1.54) is 23.5 Å². The molecule has 0 fully saturated rings. The van der Waals surface area contributed by atoms with Crippen LogP contribution in [0.1, 0.15) is 35.2 Å². The minimum atomic E-state index is -0.765. The fourth-order valence-electron chi connectivity index (χ4n) is 5.23. The van der Waals surface area contributed by atoms with Gasteiger partial charge in [0.2, 0.25) is 0 Å². The van der Waals surface area contributed by atoms with Gasteiger partial charge in [-0.2, -0.15) is 0 Å².